The number of rotatable bonds is 4. The molecule has 1 N–H and O–H groups in total. The molecule has 4 aromatic carbocycles. The summed E-state index contributed by atoms with van der Waals surface area (Å²) in [4.78, 5) is 12.4. The quantitative estimate of drug-likeness (QED) is 0.487. The summed E-state index contributed by atoms with van der Waals surface area (Å²) in [5.74, 6) is -0.118. The third-order valence-corrected chi connectivity index (χ3v) is 4.56. The van der Waals surface area contributed by atoms with Gasteiger partial charge in [0.25, 0.3) is 0 Å². The summed E-state index contributed by atoms with van der Waals surface area (Å²) in [5.41, 5.74) is 3.45. The van der Waals surface area contributed by atoms with Gasteiger partial charge in [-0.2, -0.15) is 0 Å². The fraction of sp³-hybridized carbons (Fsp3) is 0.0417. The molecule has 0 aliphatic heterocycles. The highest BCUT2D eigenvalue weighted by Gasteiger charge is 2.09. The van der Waals surface area contributed by atoms with Crippen molar-refractivity contribution in [2.45, 2.75) is 6.61 Å². The Hall–Kier alpha value is -3.59. The molecule has 0 radical (unpaired) electrons. The van der Waals surface area contributed by atoms with Crippen LogP contribution in [0.1, 0.15) is 15.9 Å². The van der Waals surface area contributed by atoms with Gasteiger partial charge in [-0.05, 0) is 51.7 Å². The molecule has 0 bridgehead atoms. The van der Waals surface area contributed by atoms with Gasteiger partial charge in [0.2, 0.25) is 0 Å². The molecule has 0 amide bonds. The lowest BCUT2D eigenvalue weighted by molar-refractivity contribution is 0.0474. The topological polar surface area (TPSA) is 46.5 Å². The minimum atomic E-state index is -0.347. The second-order valence-corrected chi connectivity index (χ2v) is 6.34. The number of aromatic hydroxyl groups is 1. The van der Waals surface area contributed by atoms with Gasteiger partial charge in [-0.3, -0.25) is 0 Å². The first-order chi connectivity index (χ1) is 13.2. The zero-order valence-corrected chi connectivity index (χ0v) is 14.6. The summed E-state index contributed by atoms with van der Waals surface area (Å²) in [6.07, 6.45) is 0. The molecule has 3 heteroatoms. The number of hydrogen-bond donors (Lipinski definition) is 1. The molecule has 0 saturated carbocycles. The predicted octanol–water partition coefficient (Wildman–Crippen LogP) is 5.57. The van der Waals surface area contributed by atoms with Crippen LogP contribution in [0, 0.1) is 0 Å². The van der Waals surface area contributed by atoms with Crippen molar-refractivity contribution >= 4 is 16.7 Å². The molecule has 0 unspecified atom stereocenters. The van der Waals surface area contributed by atoms with Gasteiger partial charge >= 0.3 is 5.97 Å². The lowest BCUT2D eigenvalue weighted by Gasteiger charge is -2.09. The molecule has 0 heterocycles. The van der Waals surface area contributed by atoms with Crippen LogP contribution in [0.15, 0.2) is 91.0 Å². The molecule has 3 nitrogen and oxygen atoms in total. The highest BCUT2D eigenvalue weighted by atomic mass is 16.5. The number of hydrogen-bond acceptors (Lipinski definition) is 3. The zero-order valence-electron chi connectivity index (χ0n) is 14.6. The van der Waals surface area contributed by atoms with E-state index in [4.69, 9.17) is 4.74 Å². The second-order valence-electron chi connectivity index (χ2n) is 6.34. The number of esters is 1. The van der Waals surface area contributed by atoms with Gasteiger partial charge in [0, 0.05) is 0 Å². The maximum absolute atomic E-state index is 12.4. The van der Waals surface area contributed by atoms with Gasteiger partial charge in [-0.25, -0.2) is 4.79 Å². The summed E-state index contributed by atoms with van der Waals surface area (Å²) in [5, 5.41) is 11.6. The lowest BCUT2D eigenvalue weighted by atomic mass is 10.0. The molecule has 27 heavy (non-hydrogen) atoms. The van der Waals surface area contributed by atoms with Crippen LogP contribution in [0.25, 0.3) is 21.9 Å². The summed E-state index contributed by atoms with van der Waals surface area (Å²) in [6.45, 7) is 0.236. The van der Waals surface area contributed by atoms with E-state index < -0.39 is 0 Å². The predicted molar refractivity (Wildman–Crippen MR) is 107 cm³/mol. The number of phenols is 1. The number of fused-ring (bicyclic) bond motifs is 1. The smallest absolute Gasteiger partial charge is 0.338 e. The average molecular weight is 354 g/mol. The summed E-state index contributed by atoms with van der Waals surface area (Å²) < 4.78 is 5.51. The van der Waals surface area contributed by atoms with E-state index in [9.17, 15) is 9.90 Å². The van der Waals surface area contributed by atoms with E-state index in [0.717, 1.165) is 27.5 Å². The largest absolute Gasteiger partial charge is 0.508 e. The SMILES string of the molecule is O=C(OCc1cccc2ccccc12)c1ccc(-c2ccc(O)cc2)cc1. The van der Waals surface area contributed by atoms with Crippen molar-refractivity contribution in [3.05, 3.63) is 102 Å². The third-order valence-electron chi connectivity index (χ3n) is 4.56. The van der Waals surface area contributed by atoms with Gasteiger partial charge in [0.15, 0.2) is 0 Å². The molecule has 4 aromatic rings. The minimum Gasteiger partial charge on any atom is -0.508 e. The molecule has 0 aromatic heterocycles. The van der Waals surface area contributed by atoms with E-state index in [0.29, 0.717) is 5.56 Å². The zero-order chi connectivity index (χ0) is 18.6. The number of carbonyl (C=O) groups excluding carboxylic acids is 1. The Labute approximate surface area is 157 Å². The summed E-state index contributed by atoms with van der Waals surface area (Å²) in [7, 11) is 0. The van der Waals surface area contributed by atoms with Crippen LogP contribution < -0.4 is 0 Å². The van der Waals surface area contributed by atoms with E-state index in [2.05, 4.69) is 0 Å². The first-order valence-corrected chi connectivity index (χ1v) is 8.74. The fourth-order valence-corrected chi connectivity index (χ4v) is 3.10. The molecular formula is C24H18O3. The Morgan fingerprint density at radius 1 is 0.741 bits per heavy atom. The highest BCUT2D eigenvalue weighted by molar-refractivity contribution is 5.90. The van der Waals surface area contributed by atoms with Crippen molar-refractivity contribution in [2.24, 2.45) is 0 Å². The van der Waals surface area contributed by atoms with Gasteiger partial charge in [-0.15, -0.1) is 0 Å². The molecule has 4 rings (SSSR count). The maximum atomic E-state index is 12.4. The van der Waals surface area contributed by atoms with Crippen molar-refractivity contribution in [2.75, 3.05) is 0 Å². The Bertz CT molecular complexity index is 1080. The van der Waals surface area contributed by atoms with Crippen LogP contribution in [0.2, 0.25) is 0 Å². The van der Waals surface area contributed by atoms with Gasteiger partial charge in [0.05, 0.1) is 5.56 Å². The number of ether oxygens (including phenoxy) is 1. The Morgan fingerprint density at radius 2 is 1.37 bits per heavy atom. The fourth-order valence-electron chi connectivity index (χ4n) is 3.10. The van der Waals surface area contributed by atoms with Gasteiger partial charge in [0.1, 0.15) is 12.4 Å². The average Bonchev–Trinajstić information content (AvgIpc) is 2.72. The van der Waals surface area contributed by atoms with Gasteiger partial charge in [-0.1, -0.05) is 66.7 Å². The van der Waals surface area contributed by atoms with Crippen molar-refractivity contribution in [3.8, 4) is 16.9 Å². The Morgan fingerprint density at radius 3 is 2.11 bits per heavy atom. The summed E-state index contributed by atoms with van der Waals surface area (Å²) in [6, 6.07) is 28.3. The molecule has 0 saturated heterocycles. The van der Waals surface area contributed by atoms with E-state index in [1.165, 1.54) is 0 Å². The molecule has 0 atom stereocenters. The van der Waals surface area contributed by atoms with Crippen molar-refractivity contribution in [3.63, 3.8) is 0 Å². The molecular weight excluding hydrogens is 336 g/mol. The first-order valence-electron chi connectivity index (χ1n) is 8.74. The molecule has 0 spiro atoms. The van der Waals surface area contributed by atoms with E-state index in [-0.39, 0.29) is 18.3 Å². The van der Waals surface area contributed by atoms with E-state index >= 15 is 0 Å². The highest BCUT2D eigenvalue weighted by Crippen LogP contribution is 2.23. The Kier molecular flexibility index (Phi) is 4.58. The van der Waals surface area contributed by atoms with Crippen molar-refractivity contribution in [1.29, 1.82) is 0 Å². The number of benzene rings is 4. The van der Waals surface area contributed by atoms with Crippen LogP contribution in [0.5, 0.6) is 5.75 Å². The monoisotopic (exact) mass is 354 g/mol. The van der Waals surface area contributed by atoms with Crippen LogP contribution in [-0.2, 0) is 11.3 Å². The van der Waals surface area contributed by atoms with Crippen LogP contribution >= 0.6 is 0 Å². The van der Waals surface area contributed by atoms with Crippen LogP contribution in [0.4, 0.5) is 0 Å². The van der Waals surface area contributed by atoms with Crippen molar-refractivity contribution < 1.29 is 14.6 Å². The minimum absolute atomic E-state index is 0.229. The maximum Gasteiger partial charge on any atom is 0.338 e. The molecule has 132 valence electrons. The normalized spacial score (nSPS) is 10.7. The molecule has 0 aliphatic rings. The van der Waals surface area contributed by atoms with Gasteiger partial charge < -0.3 is 9.84 Å². The standard InChI is InChI=1S/C24H18O3/c25-22-14-12-18(13-15-22)17-8-10-20(11-9-17)24(26)27-16-21-6-3-5-19-4-1-2-7-23(19)21/h1-15,25H,16H2. The number of phenolic OH excluding ortho intramolecular Hbond substituents is 1. The van der Waals surface area contributed by atoms with Crippen LogP contribution in [0.3, 0.4) is 0 Å². The lowest BCUT2D eigenvalue weighted by Crippen LogP contribution is -2.05. The van der Waals surface area contributed by atoms with Crippen LogP contribution in [-0.4, -0.2) is 11.1 Å². The molecule has 0 fully saturated rings. The number of carbonyl (C=O) groups is 1. The third kappa shape index (κ3) is 3.67. The molecule has 0 aliphatic carbocycles. The Balaban J connectivity index is 1.47. The second kappa shape index (κ2) is 7.34. The van der Waals surface area contributed by atoms with E-state index in [1.54, 1.807) is 24.3 Å². The summed E-state index contributed by atoms with van der Waals surface area (Å²) >= 11 is 0. The first kappa shape index (κ1) is 16.9. The van der Waals surface area contributed by atoms with E-state index in [1.807, 2.05) is 66.7 Å². The van der Waals surface area contributed by atoms with Crippen molar-refractivity contribution in [1.82, 2.24) is 0 Å².